The van der Waals surface area contributed by atoms with E-state index in [0.717, 1.165) is 6.08 Å². The summed E-state index contributed by atoms with van der Waals surface area (Å²) in [5, 5.41) is 29.5. The summed E-state index contributed by atoms with van der Waals surface area (Å²) in [4.78, 5) is 39.8. The molecule has 3 rings (SSSR count). The van der Waals surface area contributed by atoms with Crippen molar-refractivity contribution in [3.63, 3.8) is 0 Å². The molecule has 3 unspecified atom stereocenters. The Balaban J connectivity index is 1.87. The monoisotopic (exact) mass is 403 g/mol. The molecular weight excluding hydrogens is 385 g/mol. The molecule has 0 fully saturated rings. The van der Waals surface area contributed by atoms with E-state index in [-0.39, 0.29) is 12.2 Å². The van der Waals surface area contributed by atoms with E-state index in [9.17, 15) is 34.1 Å². The van der Waals surface area contributed by atoms with Crippen LogP contribution in [-0.4, -0.2) is 43.6 Å². The first-order chi connectivity index (χ1) is 13.5. The molecule has 0 radical (unpaired) electrons. The number of aliphatic carboxylic acids is 2. The van der Waals surface area contributed by atoms with Gasteiger partial charge in [-0.2, -0.15) is 0 Å². The van der Waals surface area contributed by atoms with E-state index in [1.807, 2.05) is 0 Å². The maximum absolute atomic E-state index is 13.0. The van der Waals surface area contributed by atoms with Gasteiger partial charge >= 0.3 is 11.9 Å². The topological polar surface area (TPSA) is 138 Å². The maximum atomic E-state index is 13.0. The number of carbonyl (C=O) groups excluding carboxylic acids is 1. The van der Waals surface area contributed by atoms with Crippen molar-refractivity contribution >= 4 is 17.7 Å². The van der Waals surface area contributed by atoms with Crippen LogP contribution in [0, 0.1) is 17.2 Å². The highest BCUT2D eigenvalue weighted by molar-refractivity contribution is 6.00. The van der Waals surface area contributed by atoms with E-state index in [1.54, 1.807) is 12.1 Å². The molecular formula is C20H18FNO7. The normalized spacial score (nSPS) is 26.2. The van der Waals surface area contributed by atoms with Gasteiger partial charge in [0.25, 0.3) is 5.89 Å². The fraction of sp³-hybridized carbons (Fsp3) is 0.300. The van der Waals surface area contributed by atoms with Crippen molar-refractivity contribution in [2.24, 2.45) is 11.3 Å². The highest BCUT2D eigenvalue weighted by atomic mass is 19.1. The van der Waals surface area contributed by atoms with Gasteiger partial charge in [-0.05, 0) is 24.6 Å². The first kappa shape index (κ1) is 20.4. The molecule has 1 aliphatic carbocycles. The lowest BCUT2D eigenvalue weighted by Crippen LogP contribution is -2.54. The zero-order chi connectivity index (χ0) is 21.4. The standard InChI is InChI=1S/C20H18FNO7/c1-19(17(24)25)7-6-14(20(28,10-19)18(26)27)15(23)16-22-9-13(29-16)8-11-2-4-12(21)5-3-11/h2-7,9,14,28H,8,10H2,1H3,(H,24,25)(H,26,27). The number of nitrogens with zero attached hydrogens (tertiary/aromatic N) is 1. The van der Waals surface area contributed by atoms with E-state index < -0.39 is 52.8 Å². The van der Waals surface area contributed by atoms with Crippen molar-refractivity contribution in [3.05, 3.63) is 65.6 Å². The number of carbonyl (C=O) groups is 3. The molecule has 0 bridgehead atoms. The van der Waals surface area contributed by atoms with Gasteiger partial charge in [0.15, 0.2) is 5.60 Å². The highest BCUT2D eigenvalue weighted by Gasteiger charge is 2.55. The summed E-state index contributed by atoms with van der Waals surface area (Å²) in [7, 11) is 0. The average Bonchev–Trinajstić information content (AvgIpc) is 3.11. The molecule has 29 heavy (non-hydrogen) atoms. The Hall–Kier alpha value is -3.33. The Bertz CT molecular complexity index is 997. The molecule has 2 aromatic rings. The van der Waals surface area contributed by atoms with Gasteiger partial charge in [-0.3, -0.25) is 9.59 Å². The van der Waals surface area contributed by atoms with Gasteiger partial charge in [-0.15, -0.1) is 0 Å². The minimum atomic E-state index is -2.63. The molecule has 0 saturated heterocycles. The molecule has 3 N–H and O–H groups in total. The van der Waals surface area contributed by atoms with E-state index in [4.69, 9.17) is 4.42 Å². The van der Waals surface area contributed by atoms with Crippen LogP contribution in [0.5, 0.6) is 0 Å². The number of aliphatic hydroxyl groups is 1. The Morgan fingerprint density at radius 3 is 2.45 bits per heavy atom. The second-order valence-corrected chi connectivity index (χ2v) is 7.26. The number of carboxylic acids is 2. The fourth-order valence-corrected chi connectivity index (χ4v) is 3.30. The number of rotatable bonds is 6. The second-order valence-electron chi connectivity index (χ2n) is 7.26. The van der Waals surface area contributed by atoms with Crippen LogP contribution in [0.25, 0.3) is 0 Å². The Morgan fingerprint density at radius 2 is 1.86 bits per heavy atom. The summed E-state index contributed by atoms with van der Waals surface area (Å²) >= 11 is 0. The Labute approximate surface area is 164 Å². The van der Waals surface area contributed by atoms with Crippen LogP contribution < -0.4 is 0 Å². The summed E-state index contributed by atoms with van der Waals surface area (Å²) in [5.41, 5.74) is -3.57. The Morgan fingerprint density at radius 1 is 1.21 bits per heavy atom. The van der Waals surface area contributed by atoms with Crippen molar-refractivity contribution in [1.82, 2.24) is 4.98 Å². The van der Waals surface area contributed by atoms with E-state index in [0.29, 0.717) is 5.56 Å². The van der Waals surface area contributed by atoms with Gasteiger partial charge in [-0.1, -0.05) is 24.3 Å². The molecule has 3 atom stereocenters. The van der Waals surface area contributed by atoms with Crippen molar-refractivity contribution < 1.29 is 38.5 Å². The molecule has 9 heteroatoms. The highest BCUT2D eigenvalue weighted by Crippen LogP contribution is 2.41. The first-order valence-electron chi connectivity index (χ1n) is 8.67. The minimum Gasteiger partial charge on any atom is -0.481 e. The molecule has 0 spiro atoms. The molecule has 1 aromatic heterocycles. The fourth-order valence-electron chi connectivity index (χ4n) is 3.30. The lowest BCUT2D eigenvalue weighted by molar-refractivity contribution is -0.169. The quantitative estimate of drug-likeness (QED) is 0.492. The van der Waals surface area contributed by atoms with Crippen molar-refractivity contribution in [2.45, 2.75) is 25.4 Å². The Kier molecular flexibility index (Phi) is 5.10. The summed E-state index contributed by atoms with van der Waals surface area (Å²) in [6.07, 6.45) is 3.07. The van der Waals surface area contributed by atoms with Crippen LogP contribution in [-0.2, 0) is 16.0 Å². The third kappa shape index (κ3) is 3.81. The number of hydrogen-bond donors (Lipinski definition) is 3. The zero-order valence-corrected chi connectivity index (χ0v) is 15.3. The number of carboxylic acid groups (broad SMARTS) is 2. The van der Waals surface area contributed by atoms with Gasteiger partial charge in [0.2, 0.25) is 5.78 Å². The third-order valence-electron chi connectivity index (χ3n) is 5.01. The summed E-state index contributed by atoms with van der Waals surface area (Å²) < 4.78 is 18.4. The molecule has 1 heterocycles. The van der Waals surface area contributed by atoms with Crippen LogP contribution >= 0.6 is 0 Å². The molecule has 152 valence electrons. The van der Waals surface area contributed by atoms with Crippen molar-refractivity contribution in [3.8, 4) is 0 Å². The van der Waals surface area contributed by atoms with Crippen LogP contribution in [0.4, 0.5) is 4.39 Å². The number of benzene rings is 1. The molecule has 1 aliphatic rings. The first-order valence-corrected chi connectivity index (χ1v) is 8.67. The summed E-state index contributed by atoms with van der Waals surface area (Å²) in [5.74, 6) is -6.01. The van der Waals surface area contributed by atoms with Crippen molar-refractivity contribution in [2.75, 3.05) is 0 Å². The number of Topliss-reactive ketones (excluding diaryl/α,β-unsaturated/α-hetero) is 1. The predicted octanol–water partition coefficient (Wildman–Crippen LogP) is 2.07. The van der Waals surface area contributed by atoms with E-state index >= 15 is 0 Å². The minimum absolute atomic E-state index is 0.224. The number of halogens is 1. The molecule has 0 aliphatic heterocycles. The lowest BCUT2D eigenvalue weighted by atomic mass is 9.67. The third-order valence-corrected chi connectivity index (χ3v) is 5.01. The van der Waals surface area contributed by atoms with Crippen LogP contribution in [0.15, 0.2) is 47.0 Å². The van der Waals surface area contributed by atoms with Gasteiger partial charge in [-0.25, -0.2) is 14.2 Å². The zero-order valence-electron chi connectivity index (χ0n) is 15.3. The van der Waals surface area contributed by atoms with Crippen LogP contribution in [0.3, 0.4) is 0 Å². The number of ketones is 1. The van der Waals surface area contributed by atoms with Crippen LogP contribution in [0.1, 0.15) is 35.4 Å². The average molecular weight is 403 g/mol. The second kappa shape index (κ2) is 7.25. The summed E-state index contributed by atoms with van der Waals surface area (Å²) in [6, 6.07) is 5.63. The van der Waals surface area contributed by atoms with Gasteiger partial charge in [0.1, 0.15) is 11.6 Å². The smallest absolute Gasteiger partial charge is 0.336 e. The van der Waals surface area contributed by atoms with Gasteiger partial charge in [0, 0.05) is 12.8 Å². The van der Waals surface area contributed by atoms with Crippen LogP contribution in [0.2, 0.25) is 0 Å². The number of hydrogen-bond acceptors (Lipinski definition) is 6. The summed E-state index contributed by atoms with van der Waals surface area (Å²) in [6.45, 7) is 1.26. The predicted molar refractivity (Wildman–Crippen MR) is 95.6 cm³/mol. The van der Waals surface area contributed by atoms with E-state index in [2.05, 4.69) is 4.98 Å². The van der Waals surface area contributed by atoms with Gasteiger partial charge < -0.3 is 19.7 Å². The van der Waals surface area contributed by atoms with E-state index in [1.165, 1.54) is 31.3 Å². The molecule has 8 nitrogen and oxygen atoms in total. The molecule has 0 amide bonds. The van der Waals surface area contributed by atoms with Crippen molar-refractivity contribution in [1.29, 1.82) is 0 Å². The lowest BCUT2D eigenvalue weighted by Gasteiger charge is -2.38. The largest absolute Gasteiger partial charge is 0.481 e. The maximum Gasteiger partial charge on any atom is 0.336 e. The van der Waals surface area contributed by atoms with Gasteiger partial charge in [0.05, 0.1) is 17.5 Å². The number of aromatic nitrogens is 1. The molecule has 0 saturated carbocycles. The molecule has 1 aromatic carbocycles. The number of oxazole rings is 1. The SMILES string of the molecule is CC1(C(=O)O)C=CC(C(=O)c2ncc(Cc3ccc(F)cc3)o2)C(O)(C(=O)O)C1.